The maximum Gasteiger partial charge on any atom is 0.100 e. The fourth-order valence-electron chi connectivity index (χ4n) is 2.49. The van der Waals surface area contributed by atoms with Gasteiger partial charge in [0, 0.05) is 18.8 Å². The molecule has 1 aromatic heterocycles. The van der Waals surface area contributed by atoms with Gasteiger partial charge in [0.15, 0.2) is 0 Å². The number of fused-ring (bicyclic) bond motifs is 1. The van der Waals surface area contributed by atoms with Gasteiger partial charge >= 0.3 is 0 Å². The fourth-order valence-corrected chi connectivity index (χ4v) is 2.49. The molecule has 4 heteroatoms. The first-order valence-corrected chi connectivity index (χ1v) is 7.09. The van der Waals surface area contributed by atoms with Gasteiger partial charge in [-0.05, 0) is 36.9 Å². The molecular weight excluding hydrogens is 262 g/mol. The summed E-state index contributed by atoms with van der Waals surface area (Å²) in [5.41, 5.74) is 4.46. The van der Waals surface area contributed by atoms with Crippen LogP contribution in [0.4, 0.5) is 0 Å². The van der Waals surface area contributed by atoms with Crippen molar-refractivity contribution in [2.75, 3.05) is 20.2 Å². The van der Waals surface area contributed by atoms with Crippen molar-refractivity contribution in [2.24, 2.45) is 0 Å². The Balaban J connectivity index is 1.84. The molecule has 21 heavy (non-hydrogen) atoms. The molecule has 0 bridgehead atoms. The van der Waals surface area contributed by atoms with Crippen molar-refractivity contribution in [3.63, 3.8) is 0 Å². The first-order chi connectivity index (χ1) is 10.3. The van der Waals surface area contributed by atoms with E-state index in [1.165, 1.54) is 5.56 Å². The second kappa shape index (κ2) is 6.08. The van der Waals surface area contributed by atoms with E-state index in [0.29, 0.717) is 6.54 Å². The topological polar surface area (TPSA) is 41.3 Å². The minimum Gasteiger partial charge on any atom is -0.395 e. The standard InChI is InChI=1S/C17H19N3O/c1-19(10-11-21)12-14-6-8-15(9-7-14)20-13-18-16-4-2-3-5-17(16)20/h2-9,13,21H,10-12H2,1H3. The monoisotopic (exact) mass is 281 g/mol. The minimum atomic E-state index is 0.190. The molecule has 3 aromatic rings. The Hall–Kier alpha value is -2.17. The van der Waals surface area contributed by atoms with Crippen LogP contribution < -0.4 is 0 Å². The molecule has 0 amide bonds. The molecule has 0 aliphatic heterocycles. The van der Waals surface area contributed by atoms with Crippen LogP contribution in [-0.2, 0) is 6.54 Å². The highest BCUT2D eigenvalue weighted by molar-refractivity contribution is 5.77. The van der Waals surface area contributed by atoms with Gasteiger partial charge in [0.05, 0.1) is 17.6 Å². The van der Waals surface area contributed by atoms with Gasteiger partial charge in [0.25, 0.3) is 0 Å². The molecule has 0 aliphatic carbocycles. The van der Waals surface area contributed by atoms with Crippen molar-refractivity contribution in [1.29, 1.82) is 0 Å². The van der Waals surface area contributed by atoms with Crippen LogP contribution in [0.25, 0.3) is 16.7 Å². The molecule has 0 atom stereocenters. The number of aromatic nitrogens is 2. The number of likely N-dealkylation sites (N-methyl/N-ethyl adjacent to an activating group) is 1. The van der Waals surface area contributed by atoms with Crippen molar-refractivity contribution in [3.05, 3.63) is 60.4 Å². The Bertz CT molecular complexity index is 718. The van der Waals surface area contributed by atoms with Crippen LogP contribution in [0.3, 0.4) is 0 Å². The first kappa shape index (κ1) is 13.8. The van der Waals surface area contributed by atoms with Crippen LogP contribution in [-0.4, -0.2) is 39.8 Å². The van der Waals surface area contributed by atoms with E-state index in [1.807, 2.05) is 31.6 Å². The lowest BCUT2D eigenvalue weighted by atomic mass is 10.2. The zero-order chi connectivity index (χ0) is 14.7. The van der Waals surface area contributed by atoms with Crippen molar-refractivity contribution >= 4 is 11.0 Å². The lowest BCUT2D eigenvalue weighted by molar-refractivity contribution is 0.217. The van der Waals surface area contributed by atoms with Gasteiger partial charge in [0.2, 0.25) is 0 Å². The second-order valence-corrected chi connectivity index (χ2v) is 5.23. The van der Waals surface area contributed by atoms with Gasteiger partial charge in [-0.3, -0.25) is 9.47 Å². The Morgan fingerprint density at radius 2 is 1.86 bits per heavy atom. The molecule has 0 radical (unpaired) electrons. The fraction of sp³-hybridized carbons (Fsp3) is 0.235. The third kappa shape index (κ3) is 2.96. The number of imidazole rings is 1. The predicted molar refractivity (Wildman–Crippen MR) is 84.5 cm³/mol. The van der Waals surface area contributed by atoms with Crippen molar-refractivity contribution in [2.45, 2.75) is 6.54 Å². The average Bonchev–Trinajstić information content (AvgIpc) is 2.92. The number of aliphatic hydroxyl groups excluding tert-OH is 1. The summed E-state index contributed by atoms with van der Waals surface area (Å²) in [6, 6.07) is 16.6. The van der Waals surface area contributed by atoms with Gasteiger partial charge in [-0.15, -0.1) is 0 Å². The minimum absolute atomic E-state index is 0.190. The van der Waals surface area contributed by atoms with E-state index in [2.05, 4.69) is 44.8 Å². The van der Waals surface area contributed by atoms with Crippen molar-refractivity contribution < 1.29 is 5.11 Å². The van der Waals surface area contributed by atoms with Crippen LogP contribution in [0, 0.1) is 0 Å². The molecular formula is C17H19N3O. The van der Waals surface area contributed by atoms with Gasteiger partial charge in [-0.1, -0.05) is 24.3 Å². The largest absolute Gasteiger partial charge is 0.395 e. The highest BCUT2D eigenvalue weighted by Gasteiger charge is 2.04. The van der Waals surface area contributed by atoms with E-state index < -0.39 is 0 Å². The number of nitrogens with zero attached hydrogens (tertiary/aromatic N) is 3. The van der Waals surface area contributed by atoms with Crippen LogP contribution in [0.5, 0.6) is 0 Å². The second-order valence-electron chi connectivity index (χ2n) is 5.23. The summed E-state index contributed by atoms with van der Waals surface area (Å²) < 4.78 is 2.09. The maximum absolute atomic E-state index is 8.93. The highest BCUT2D eigenvalue weighted by Crippen LogP contribution is 2.18. The number of benzene rings is 2. The molecule has 1 heterocycles. The van der Waals surface area contributed by atoms with Gasteiger partial charge in [-0.25, -0.2) is 4.98 Å². The third-order valence-corrected chi connectivity index (χ3v) is 3.60. The first-order valence-electron chi connectivity index (χ1n) is 7.09. The van der Waals surface area contributed by atoms with Crippen molar-refractivity contribution in [3.8, 4) is 5.69 Å². The van der Waals surface area contributed by atoms with E-state index >= 15 is 0 Å². The SMILES string of the molecule is CN(CCO)Cc1ccc(-n2cnc3ccccc32)cc1. The van der Waals surface area contributed by atoms with E-state index in [-0.39, 0.29) is 6.61 Å². The Labute approximate surface area is 124 Å². The lowest BCUT2D eigenvalue weighted by Gasteiger charge is -2.15. The Kier molecular flexibility index (Phi) is 3.99. The molecule has 1 N–H and O–H groups in total. The summed E-state index contributed by atoms with van der Waals surface area (Å²) in [4.78, 5) is 6.52. The molecule has 0 spiro atoms. The van der Waals surface area contributed by atoms with Crippen molar-refractivity contribution in [1.82, 2.24) is 14.5 Å². The molecule has 0 saturated carbocycles. The van der Waals surface area contributed by atoms with E-state index in [0.717, 1.165) is 23.3 Å². The summed E-state index contributed by atoms with van der Waals surface area (Å²) in [6.45, 7) is 1.72. The van der Waals surface area contributed by atoms with Gasteiger partial charge in [-0.2, -0.15) is 0 Å². The van der Waals surface area contributed by atoms with E-state index in [4.69, 9.17) is 5.11 Å². The Morgan fingerprint density at radius 3 is 2.62 bits per heavy atom. The maximum atomic E-state index is 8.93. The molecule has 0 saturated heterocycles. The van der Waals surface area contributed by atoms with Crippen LogP contribution in [0.15, 0.2) is 54.9 Å². The molecule has 0 unspecified atom stereocenters. The van der Waals surface area contributed by atoms with E-state index in [9.17, 15) is 0 Å². The number of hydrogen-bond donors (Lipinski definition) is 1. The summed E-state index contributed by atoms with van der Waals surface area (Å²) >= 11 is 0. The van der Waals surface area contributed by atoms with Gasteiger partial charge < -0.3 is 5.11 Å². The summed E-state index contributed by atoms with van der Waals surface area (Å²) in [5, 5.41) is 8.93. The number of hydrogen-bond acceptors (Lipinski definition) is 3. The van der Waals surface area contributed by atoms with E-state index in [1.54, 1.807) is 0 Å². The molecule has 0 aliphatic rings. The molecule has 0 fully saturated rings. The molecule has 4 nitrogen and oxygen atoms in total. The smallest absolute Gasteiger partial charge is 0.100 e. The summed E-state index contributed by atoms with van der Waals surface area (Å²) in [6.07, 6.45) is 1.86. The zero-order valence-corrected chi connectivity index (χ0v) is 12.1. The zero-order valence-electron chi connectivity index (χ0n) is 12.1. The quantitative estimate of drug-likeness (QED) is 0.781. The average molecular weight is 281 g/mol. The summed E-state index contributed by atoms with van der Waals surface area (Å²) in [5.74, 6) is 0. The molecule has 2 aromatic carbocycles. The Morgan fingerprint density at radius 1 is 1.10 bits per heavy atom. The van der Waals surface area contributed by atoms with Crippen LogP contribution >= 0.6 is 0 Å². The third-order valence-electron chi connectivity index (χ3n) is 3.60. The predicted octanol–water partition coefficient (Wildman–Crippen LogP) is 2.45. The van der Waals surface area contributed by atoms with Crippen LogP contribution in [0.2, 0.25) is 0 Å². The number of para-hydroxylation sites is 2. The number of aliphatic hydroxyl groups is 1. The molecule has 3 rings (SSSR count). The summed E-state index contributed by atoms with van der Waals surface area (Å²) in [7, 11) is 2.01. The highest BCUT2D eigenvalue weighted by atomic mass is 16.3. The number of rotatable bonds is 5. The van der Waals surface area contributed by atoms with Crippen LogP contribution in [0.1, 0.15) is 5.56 Å². The normalized spacial score (nSPS) is 11.4. The van der Waals surface area contributed by atoms with Gasteiger partial charge in [0.1, 0.15) is 6.33 Å². The molecule has 108 valence electrons. The lowest BCUT2D eigenvalue weighted by Crippen LogP contribution is -2.21.